The summed E-state index contributed by atoms with van der Waals surface area (Å²) in [6.07, 6.45) is 5.52. The molecule has 0 aliphatic carbocycles. The van der Waals surface area contributed by atoms with Crippen LogP contribution in [0.15, 0.2) is 27.7 Å². The number of nitrogens with one attached hydrogen (secondary N) is 3. The molecule has 0 aliphatic rings. The summed E-state index contributed by atoms with van der Waals surface area (Å²) >= 11 is 6.64. The molecule has 1 aromatic heterocycles. The van der Waals surface area contributed by atoms with Gasteiger partial charge in [0.25, 0.3) is 0 Å². The van der Waals surface area contributed by atoms with Gasteiger partial charge in [-0.3, -0.25) is 15.8 Å². The first kappa shape index (κ1) is 20.1. The molecule has 0 saturated carbocycles. The lowest BCUT2D eigenvalue weighted by molar-refractivity contribution is 0.901. The number of aryl methyl sites for hydroxylation is 1. The van der Waals surface area contributed by atoms with E-state index in [2.05, 4.69) is 36.3 Å². The first-order chi connectivity index (χ1) is 11.5. The van der Waals surface area contributed by atoms with Gasteiger partial charge in [-0.2, -0.15) is 10.2 Å². The first-order valence-corrected chi connectivity index (χ1v) is 9.14. The Kier molecular flexibility index (Phi) is 9.02. The first-order valence-electron chi connectivity index (χ1n) is 7.50. The number of hydrogen-bond donors (Lipinski definition) is 3. The highest BCUT2D eigenvalue weighted by Gasteiger charge is 2.12. The van der Waals surface area contributed by atoms with E-state index in [1.165, 1.54) is 11.8 Å². The summed E-state index contributed by atoms with van der Waals surface area (Å²) in [5, 5.41) is 12.9. The van der Waals surface area contributed by atoms with Crippen molar-refractivity contribution in [1.82, 2.24) is 25.7 Å². The van der Waals surface area contributed by atoms with Gasteiger partial charge in [-0.05, 0) is 39.2 Å². The summed E-state index contributed by atoms with van der Waals surface area (Å²) in [7, 11) is 1.90. The van der Waals surface area contributed by atoms with E-state index in [1.807, 2.05) is 44.8 Å². The Morgan fingerprint density at radius 2 is 2.08 bits per heavy atom. The van der Waals surface area contributed by atoms with Gasteiger partial charge in [-0.1, -0.05) is 11.8 Å². The molecule has 1 rings (SSSR count). The third-order valence-electron chi connectivity index (χ3n) is 2.71. The van der Waals surface area contributed by atoms with Gasteiger partial charge in [-0.15, -0.1) is 0 Å². The fraction of sp³-hybridized carbons (Fsp3) is 0.500. The van der Waals surface area contributed by atoms with Crippen molar-refractivity contribution >= 4 is 45.7 Å². The number of thioether (sulfide) groups is 1. The van der Waals surface area contributed by atoms with Crippen LogP contribution in [0.5, 0.6) is 0 Å². The minimum absolute atomic E-state index is 0.448. The lowest BCUT2D eigenvalue weighted by Crippen LogP contribution is -2.33. The summed E-state index contributed by atoms with van der Waals surface area (Å²) in [5.74, 6) is 0. The van der Waals surface area contributed by atoms with Gasteiger partial charge in [-0.25, -0.2) is 4.98 Å². The smallest absolute Gasteiger partial charge is 0.186 e. The molecular weight excluding hydrogens is 344 g/mol. The molecule has 0 atom stereocenters. The van der Waals surface area contributed by atoms with Crippen LogP contribution in [0.2, 0.25) is 0 Å². The van der Waals surface area contributed by atoms with Crippen molar-refractivity contribution < 1.29 is 0 Å². The maximum absolute atomic E-state index is 5.14. The molecule has 24 heavy (non-hydrogen) atoms. The molecule has 0 spiro atoms. The Bertz CT molecular complexity index is 632. The zero-order valence-corrected chi connectivity index (χ0v) is 16.3. The zero-order valence-electron chi connectivity index (χ0n) is 14.6. The average molecular weight is 369 g/mol. The van der Waals surface area contributed by atoms with Crippen LogP contribution in [0.3, 0.4) is 0 Å². The molecule has 3 N–H and O–H groups in total. The van der Waals surface area contributed by atoms with Gasteiger partial charge in [0.05, 0.1) is 12.0 Å². The van der Waals surface area contributed by atoms with Crippen LogP contribution >= 0.6 is 24.0 Å². The molecule has 1 aromatic rings. The predicted molar refractivity (Wildman–Crippen MR) is 107 cm³/mol. The lowest BCUT2D eigenvalue weighted by Gasteiger charge is -2.08. The second-order valence-corrected chi connectivity index (χ2v) is 5.85. The second kappa shape index (κ2) is 10.8. The van der Waals surface area contributed by atoms with E-state index in [9.17, 15) is 0 Å². The van der Waals surface area contributed by atoms with Crippen LogP contribution in [0.4, 0.5) is 0 Å². The molecule has 0 aromatic carbocycles. The largest absolute Gasteiger partial charge is 0.362 e. The van der Waals surface area contributed by atoms with Gasteiger partial charge >= 0.3 is 0 Å². The fourth-order valence-corrected chi connectivity index (χ4v) is 2.22. The van der Waals surface area contributed by atoms with E-state index in [0.29, 0.717) is 28.8 Å². The maximum Gasteiger partial charge on any atom is 0.186 e. The van der Waals surface area contributed by atoms with E-state index >= 15 is 0 Å². The Balaban J connectivity index is 3.01. The lowest BCUT2D eigenvalue weighted by atomic mass is 10.2. The van der Waals surface area contributed by atoms with E-state index < -0.39 is 0 Å². The summed E-state index contributed by atoms with van der Waals surface area (Å²) in [5.41, 5.74) is 7.73. The van der Waals surface area contributed by atoms with Crippen LogP contribution in [-0.2, 0) is 7.05 Å². The van der Waals surface area contributed by atoms with E-state index in [4.69, 9.17) is 12.2 Å². The Morgan fingerprint density at radius 3 is 2.62 bits per heavy atom. The molecule has 0 radical (unpaired) electrons. The molecule has 1 heterocycles. The number of aromatic nitrogens is 2. The van der Waals surface area contributed by atoms with Crippen LogP contribution in [0, 0.1) is 0 Å². The zero-order chi connectivity index (χ0) is 17.9. The third kappa shape index (κ3) is 6.67. The molecule has 10 heteroatoms. The third-order valence-corrected chi connectivity index (χ3v) is 3.55. The Hall–Kier alpha value is -1.94. The number of imidazole rings is 1. The van der Waals surface area contributed by atoms with Crippen molar-refractivity contribution in [3.63, 3.8) is 0 Å². The van der Waals surface area contributed by atoms with Crippen molar-refractivity contribution in [2.24, 2.45) is 22.2 Å². The minimum Gasteiger partial charge on any atom is -0.362 e. The van der Waals surface area contributed by atoms with Crippen molar-refractivity contribution in [2.45, 2.75) is 20.8 Å². The minimum atomic E-state index is 0.448. The highest BCUT2D eigenvalue weighted by molar-refractivity contribution is 8.13. The number of nitrogens with zero attached hydrogens (tertiary/aromatic N) is 5. The number of amidine groups is 1. The highest BCUT2D eigenvalue weighted by atomic mass is 32.2. The van der Waals surface area contributed by atoms with E-state index in [-0.39, 0.29) is 0 Å². The molecule has 8 nitrogen and oxygen atoms in total. The number of aliphatic imine (C=N–C) groups is 1. The molecule has 0 bridgehead atoms. The summed E-state index contributed by atoms with van der Waals surface area (Å²) in [6.45, 7) is 7.20. The highest BCUT2D eigenvalue weighted by Crippen LogP contribution is 2.01. The van der Waals surface area contributed by atoms with Crippen molar-refractivity contribution in [3.8, 4) is 0 Å². The molecular formula is C14H24N8S2. The topological polar surface area (TPSA) is 91.0 Å². The number of hydrazone groups is 2. The predicted octanol–water partition coefficient (Wildman–Crippen LogP) is 1.31. The van der Waals surface area contributed by atoms with Crippen molar-refractivity contribution in [3.05, 3.63) is 18.2 Å². The summed E-state index contributed by atoms with van der Waals surface area (Å²) < 4.78 is 1.85. The van der Waals surface area contributed by atoms with Gasteiger partial charge < -0.3 is 9.88 Å². The van der Waals surface area contributed by atoms with Crippen molar-refractivity contribution in [2.75, 3.05) is 19.3 Å². The quantitative estimate of drug-likeness (QED) is 0.304. The normalized spacial score (nSPS) is 13.0. The van der Waals surface area contributed by atoms with Gasteiger partial charge in [0.15, 0.2) is 10.3 Å². The van der Waals surface area contributed by atoms with Crippen LogP contribution in [0.1, 0.15) is 26.5 Å². The molecule has 0 unspecified atom stereocenters. The second-order valence-electron chi connectivity index (χ2n) is 4.65. The maximum atomic E-state index is 5.14. The van der Waals surface area contributed by atoms with Crippen LogP contribution in [0.25, 0.3) is 0 Å². The number of rotatable bonds is 6. The number of thiocarbonyl (C=S) groups is 1. The molecule has 0 amide bonds. The number of hydrogen-bond acceptors (Lipinski definition) is 6. The fourth-order valence-electron chi connectivity index (χ4n) is 1.64. The average Bonchev–Trinajstić information content (AvgIpc) is 2.98. The van der Waals surface area contributed by atoms with Gasteiger partial charge in [0.1, 0.15) is 11.4 Å². The van der Waals surface area contributed by atoms with E-state index in [0.717, 1.165) is 11.7 Å². The van der Waals surface area contributed by atoms with Gasteiger partial charge in [0.2, 0.25) is 0 Å². The van der Waals surface area contributed by atoms with Crippen LogP contribution in [-0.4, -0.2) is 50.6 Å². The standard InChI is InChI=1S/C14H24N8S2/c1-6-15-13(23)20-19-12(11-8-22(4)9-17-11)10(3)18-21-14(24-5)16-7-2/h8-9H,6-7H2,1-5H3,(H,16,21)(H2,15,20,23)/b18-10+,19-12-. The molecule has 0 aliphatic heterocycles. The summed E-state index contributed by atoms with van der Waals surface area (Å²) in [4.78, 5) is 8.63. The SMILES string of the molecule is CCN=C(N/N=C(C)/C(=N/NC(=S)NCC)c1cn(C)cn1)SC. The Morgan fingerprint density at radius 1 is 1.33 bits per heavy atom. The van der Waals surface area contributed by atoms with Crippen molar-refractivity contribution in [1.29, 1.82) is 0 Å². The monoisotopic (exact) mass is 368 g/mol. The van der Waals surface area contributed by atoms with Crippen LogP contribution < -0.4 is 16.2 Å². The molecule has 132 valence electrons. The van der Waals surface area contributed by atoms with E-state index in [1.54, 1.807) is 6.33 Å². The van der Waals surface area contributed by atoms with Gasteiger partial charge in [0, 0.05) is 26.3 Å². The molecule has 0 fully saturated rings. The summed E-state index contributed by atoms with van der Waals surface area (Å²) in [6, 6.07) is 0. The molecule has 0 saturated heterocycles. The Labute approximate surface area is 152 Å².